The highest BCUT2D eigenvalue weighted by atomic mass is 19.1. The van der Waals surface area contributed by atoms with Crippen LogP contribution >= 0.6 is 0 Å². The summed E-state index contributed by atoms with van der Waals surface area (Å²) >= 11 is 0. The summed E-state index contributed by atoms with van der Waals surface area (Å²) in [6.07, 6.45) is 3.38. The van der Waals surface area contributed by atoms with Crippen LogP contribution in [0.5, 0.6) is 0 Å². The van der Waals surface area contributed by atoms with Gasteiger partial charge in [-0.15, -0.1) is 0 Å². The molecule has 2 saturated heterocycles. The second-order valence-electron chi connectivity index (χ2n) is 6.20. The molecular weight excluding hydrogens is 253 g/mol. The number of hydrogen-bond acceptors (Lipinski definition) is 3. The number of likely N-dealkylation sites (tertiary alicyclic amines) is 1. The fourth-order valence-corrected chi connectivity index (χ4v) is 3.61. The molecule has 2 aliphatic rings. The summed E-state index contributed by atoms with van der Waals surface area (Å²) in [6, 6.07) is 6.09. The molecule has 2 fully saturated rings. The molecule has 110 valence electrons. The van der Waals surface area contributed by atoms with Crippen LogP contribution in [0.25, 0.3) is 0 Å². The fourth-order valence-electron chi connectivity index (χ4n) is 3.61. The van der Waals surface area contributed by atoms with Crippen molar-refractivity contribution in [3.05, 3.63) is 29.6 Å². The Morgan fingerprint density at radius 2 is 2.05 bits per heavy atom. The Balaban J connectivity index is 1.79. The Morgan fingerprint density at radius 1 is 1.30 bits per heavy atom. The standard InChI is InChI=1S/C16H24FN3/c1-19-11-12(10-18)8-16(19)13-4-5-15(14(17)9-13)20-6-2-3-7-20/h4-5,9,12,16H,2-3,6-8,10-11,18H2,1H3. The van der Waals surface area contributed by atoms with Crippen molar-refractivity contribution in [2.45, 2.75) is 25.3 Å². The molecule has 2 unspecified atom stereocenters. The summed E-state index contributed by atoms with van der Waals surface area (Å²) < 4.78 is 14.4. The van der Waals surface area contributed by atoms with Gasteiger partial charge in [0.1, 0.15) is 5.82 Å². The maximum Gasteiger partial charge on any atom is 0.146 e. The highest BCUT2D eigenvalue weighted by molar-refractivity contribution is 5.50. The minimum Gasteiger partial charge on any atom is -0.369 e. The normalized spacial score (nSPS) is 27.4. The monoisotopic (exact) mass is 277 g/mol. The molecule has 0 aromatic heterocycles. The summed E-state index contributed by atoms with van der Waals surface area (Å²) in [7, 11) is 2.10. The molecule has 1 aromatic carbocycles. The van der Waals surface area contributed by atoms with E-state index in [0.29, 0.717) is 12.0 Å². The van der Waals surface area contributed by atoms with Gasteiger partial charge in [-0.05, 0) is 56.5 Å². The Hall–Kier alpha value is -1.13. The molecule has 0 spiro atoms. The first-order valence-electron chi connectivity index (χ1n) is 7.63. The number of anilines is 1. The van der Waals surface area contributed by atoms with Gasteiger partial charge in [-0.2, -0.15) is 0 Å². The Kier molecular flexibility index (Phi) is 3.94. The fraction of sp³-hybridized carbons (Fsp3) is 0.625. The first kappa shape index (κ1) is 13.8. The molecule has 0 aliphatic carbocycles. The van der Waals surface area contributed by atoms with Crippen molar-refractivity contribution in [1.29, 1.82) is 0 Å². The largest absolute Gasteiger partial charge is 0.369 e. The second-order valence-corrected chi connectivity index (χ2v) is 6.20. The van der Waals surface area contributed by atoms with Gasteiger partial charge in [-0.1, -0.05) is 6.07 Å². The quantitative estimate of drug-likeness (QED) is 0.920. The maximum absolute atomic E-state index is 14.4. The predicted octanol–water partition coefficient (Wildman–Crippen LogP) is 2.38. The van der Waals surface area contributed by atoms with Crippen molar-refractivity contribution in [3.63, 3.8) is 0 Å². The van der Waals surface area contributed by atoms with Crippen LogP contribution in [0.2, 0.25) is 0 Å². The van der Waals surface area contributed by atoms with Crippen LogP contribution in [-0.4, -0.2) is 38.1 Å². The lowest BCUT2D eigenvalue weighted by molar-refractivity contribution is 0.313. The van der Waals surface area contributed by atoms with Gasteiger partial charge in [0.05, 0.1) is 5.69 Å². The molecule has 2 N–H and O–H groups in total. The van der Waals surface area contributed by atoms with Gasteiger partial charge in [0.2, 0.25) is 0 Å². The Morgan fingerprint density at radius 3 is 2.65 bits per heavy atom. The maximum atomic E-state index is 14.4. The summed E-state index contributed by atoms with van der Waals surface area (Å²) in [5.74, 6) is 0.459. The molecule has 3 nitrogen and oxygen atoms in total. The third-order valence-corrected chi connectivity index (χ3v) is 4.77. The highest BCUT2D eigenvalue weighted by Gasteiger charge is 2.30. The van der Waals surface area contributed by atoms with Crippen LogP contribution in [0.4, 0.5) is 10.1 Å². The molecule has 0 bridgehead atoms. The molecular formula is C16H24FN3. The van der Waals surface area contributed by atoms with Crippen LogP contribution in [0.3, 0.4) is 0 Å². The summed E-state index contributed by atoms with van der Waals surface area (Å²) in [5.41, 5.74) is 7.62. The van der Waals surface area contributed by atoms with E-state index in [1.807, 2.05) is 6.07 Å². The third kappa shape index (κ3) is 2.54. The average molecular weight is 277 g/mol. The zero-order valence-corrected chi connectivity index (χ0v) is 12.2. The summed E-state index contributed by atoms with van der Waals surface area (Å²) in [4.78, 5) is 4.45. The van der Waals surface area contributed by atoms with E-state index in [0.717, 1.165) is 43.9 Å². The van der Waals surface area contributed by atoms with E-state index in [1.165, 1.54) is 12.8 Å². The van der Waals surface area contributed by atoms with Crippen LogP contribution in [0.1, 0.15) is 30.9 Å². The number of nitrogens with two attached hydrogens (primary N) is 1. The van der Waals surface area contributed by atoms with Crippen LogP contribution < -0.4 is 10.6 Å². The van der Waals surface area contributed by atoms with Crippen LogP contribution in [0.15, 0.2) is 18.2 Å². The van der Waals surface area contributed by atoms with E-state index in [1.54, 1.807) is 6.07 Å². The van der Waals surface area contributed by atoms with E-state index < -0.39 is 0 Å². The van der Waals surface area contributed by atoms with E-state index in [9.17, 15) is 4.39 Å². The minimum atomic E-state index is -0.0750. The number of nitrogens with zero attached hydrogens (tertiary/aromatic N) is 2. The highest BCUT2D eigenvalue weighted by Crippen LogP contribution is 2.35. The van der Waals surface area contributed by atoms with Crippen molar-refractivity contribution < 1.29 is 4.39 Å². The van der Waals surface area contributed by atoms with Gasteiger partial charge >= 0.3 is 0 Å². The molecule has 0 amide bonds. The summed E-state index contributed by atoms with van der Waals surface area (Å²) in [5, 5.41) is 0. The smallest absolute Gasteiger partial charge is 0.146 e. The lowest BCUT2D eigenvalue weighted by Crippen LogP contribution is -2.21. The lowest BCUT2D eigenvalue weighted by atomic mass is 9.99. The first-order chi connectivity index (χ1) is 9.69. The molecule has 4 heteroatoms. The van der Waals surface area contributed by atoms with Crippen LogP contribution in [0, 0.1) is 11.7 Å². The van der Waals surface area contributed by atoms with Gasteiger partial charge in [0.15, 0.2) is 0 Å². The van der Waals surface area contributed by atoms with Gasteiger partial charge < -0.3 is 10.6 Å². The molecule has 2 heterocycles. The van der Waals surface area contributed by atoms with Gasteiger partial charge in [-0.25, -0.2) is 4.39 Å². The molecule has 2 atom stereocenters. The number of halogens is 1. The molecule has 0 radical (unpaired) electrons. The molecule has 2 aliphatic heterocycles. The second kappa shape index (κ2) is 5.70. The van der Waals surface area contributed by atoms with Gasteiger partial charge in [0, 0.05) is 25.7 Å². The first-order valence-corrected chi connectivity index (χ1v) is 7.63. The number of rotatable bonds is 3. The lowest BCUT2D eigenvalue weighted by Gasteiger charge is -2.22. The SMILES string of the molecule is CN1CC(CN)CC1c1ccc(N2CCCC2)c(F)c1. The van der Waals surface area contributed by atoms with E-state index in [2.05, 4.69) is 22.9 Å². The van der Waals surface area contributed by atoms with Crippen molar-refractivity contribution >= 4 is 5.69 Å². The Labute approximate surface area is 120 Å². The zero-order chi connectivity index (χ0) is 14.1. The minimum absolute atomic E-state index is 0.0750. The molecule has 3 rings (SSSR count). The van der Waals surface area contributed by atoms with Crippen molar-refractivity contribution in [2.24, 2.45) is 11.7 Å². The van der Waals surface area contributed by atoms with E-state index >= 15 is 0 Å². The molecule has 0 saturated carbocycles. The zero-order valence-electron chi connectivity index (χ0n) is 12.2. The topological polar surface area (TPSA) is 32.5 Å². The number of benzene rings is 1. The molecule has 1 aromatic rings. The number of hydrogen-bond donors (Lipinski definition) is 1. The van der Waals surface area contributed by atoms with Crippen molar-refractivity contribution in [1.82, 2.24) is 4.90 Å². The van der Waals surface area contributed by atoms with Gasteiger partial charge in [0.25, 0.3) is 0 Å². The molecule has 20 heavy (non-hydrogen) atoms. The Bertz CT molecular complexity index is 471. The third-order valence-electron chi connectivity index (χ3n) is 4.77. The predicted molar refractivity (Wildman–Crippen MR) is 80.4 cm³/mol. The van der Waals surface area contributed by atoms with E-state index in [-0.39, 0.29) is 5.82 Å². The average Bonchev–Trinajstić information content (AvgIpc) is 3.07. The summed E-state index contributed by atoms with van der Waals surface area (Å²) in [6.45, 7) is 3.69. The van der Waals surface area contributed by atoms with Crippen molar-refractivity contribution in [2.75, 3.05) is 38.1 Å². The van der Waals surface area contributed by atoms with Gasteiger partial charge in [-0.3, -0.25) is 4.90 Å². The van der Waals surface area contributed by atoms with E-state index in [4.69, 9.17) is 5.73 Å². The van der Waals surface area contributed by atoms with Crippen molar-refractivity contribution in [3.8, 4) is 0 Å². The van der Waals surface area contributed by atoms with Crippen LogP contribution in [-0.2, 0) is 0 Å².